The predicted molar refractivity (Wildman–Crippen MR) is 94.4 cm³/mol. The minimum atomic E-state index is -0.172. The highest BCUT2D eigenvalue weighted by molar-refractivity contribution is 5.79. The summed E-state index contributed by atoms with van der Waals surface area (Å²) in [7, 11) is 1.80. The summed E-state index contributed by atoms with van der Waals surface area (Å²) in [5.41, 5.74) is 2.17. The van der Waals surface area contributed by atoms with Crippen molar-refractivity contribution >= 4 is 5.96 Å². The normalized spacial score (nSPS) is 19.1. The van der Waals surface area contributed by atoms with Crippen molar-refractivity contribution < 1.29 is 4.39 Å². The molecule has 2 rings (SSSR count). The maximum Gasteiger partial charge on any atom is 0.190 e. The van der Waals surface area contributed by atoms with Crippen LogP contribution in [-0.2, 0) is 6.42 Å². The summed E-state index contributed by atoms with van der Waals surface area (Å²) in [6.07, 6.45) is 2.12. The fraction of sp³-hybridized carbons (Fsp3) is 0.611. The monoisotopic (exact) mass is 320 g/mol. The van der Waals surface area contributed by atoms with Gasteiger partial charge in [-0.05, 0) is 62.0 Å². The highest BCUT2D eigenvalue weighted by atomic mass is 19.1. The number of nitrogens with zero attached hydrogens (tertiary/aromatic N) is 2. The van der Waals surface area contributed by atoms with E-state index >= 15 is 0 Å². The molecule has 23 heavy (non-hydrogen) atoms. The maximum atomic E-state index is 13.1. The molecule has 0 saturated carbocycles. The Kier molecular flexibility index (Phi) is 6.84. The van der Waals surface area contributed by atoms with E-state index in [2.05, 4.69) is 27.4 Å². The number of halogens is 1. The van der Waals surface area contributed by atoms with Gasteiger partial charge < -0.3 is 15.5 Å². The van der Waals surface area contributed by atoms with Crippen molar-refractivity contribution in [2.75, 3.05) is 39.8 Å². The molecule has 128 valence electrons. The van der Waals surface area contributed by atoms with E-state index in [-0.39, 0.29) is 5.82 Å². The summed E-state index contributed by atoms with van der Waals surface area (Å²) in [5.74, 6) is 1.38. The quantitative estimate of drug-likeness (QED) is 0.623. The van der Waals surface area contributed by atoms with Gasteiger partial charge in [0.15, 0.2) is 5.96 Å². The van der Waals surface area contributed by atoms with Gasteiger partial charge in [0.25, 0.3) is 0 Å². The van der Waals surface area contributed by atoms with E-state index in [1.807, 2.05) is 13.0 Å². The molecule has 0 amide bonds. The Bertz CT molecular complexity index is 530. The van der Waals surface area contributed by atoms with Crippen LogP contribution in [0.5, 0.6) is 0 Å². The number of benzene rings is 1. The molecule has 1 atom stereocenters. The third-order valence-electron chi connectivity index (χ3n) is 4.59. The molecule has 1 aromatic rings. The Morgan fingerprint density at radius 3 is 2.87 bits per heavy atom. The van der Waals surface area contributed by atoms with Crippen LogP contribution in [0.15, 0.2) is 23.2 Å². The fourth-order valence-electron chi connectivity index (χ4n) is 3.08. The third-order valence-corrected chi connectivity index (χ3v) is 4.59. The van der Waals surface area contributed by atoms with Crippen molar-refractivity contribution in [2.45, 2.75) is 26.7 Å². The second-order valence-corrected chi connectivity index (χ2v) is 6.25. The molecule has 5 heteroatoms. The molecule has 0 aliphatic carbocycles. The molecule has 2 N–H and O–H groups in total. The fourth-order valence-corrected chi connectivity index (χ4v) is 3.08. The molecule has 1 aliphatic rings. The highest BCUT2D eigenvalue weighted by Gasteiger charge is 2.20. The second kappa shape index (κ2) is 8.87. The van der Waals surface area contributed by atoms with Crippen LogP contribution in [0.2, 0.25) is 0 Å². The van der Waals surface area contributed by atoms with E-state index in [4.69, 9.17) is 0 Å². The molecular formula is C18H29FN4. The number of hydrogen-bond acceptors (Lipinski definition) is 2. The SMILES string of the molecule is CCN1CCC(CNC(=NC)NCCc2ccc(F)cc2C)C1. The van der Waals surface area contributed by atoms with Crippen LogP contribution >= 0.6 is 0 Å². The molecule has 1 unspecified atom stereocenters. The summed E-state index contributed by atoms with van der Waals surface area (Å²) < 4.78 is 13.1. The summed E-state index contributed by atoms with van der Waals surface area (Å²) in [5, 5.41) is 6.76. The average Bonchev–Trinajstić information content (AvgIpc) is 3.00. The summed E-state index contributed by atoms with van der Waals surface area (Å²) in [6.45, 7) is 9.44. The lowest BCUT2D eigenvalue weighted by Gasteiger charge is -2.16. The first kappa shape index (κ1) is 17.7. The van der Waals surface area contributed by atoms with Crippen LogP contribution in [0.1, 0.15) is 24.5 Å². The number of aryl methyl sites for hydroxylation is 1. The molecule has 0 aromatic heterocycles. The van der Waals surface area contributed by atoms with E-state index in [9.17, 15) is 4.39 Å². The van der Waals surface area contributed by atoms with Crippen molar-refractivity contribution in [3.8, 4) is 0 Å². The van der Waals surface area contributed by atoms with Gasteiger partial charge in [0.1, 0.15) is 5.82 Å². The average molecular weight is 320 g/mol. The van der Waals surface area contributed by atoms with E-state index in [1.54, 1.807) is 13.1 Å². The minimum Gasteiger partial charge on any atom is -0.356 e. The molecule has 1 fully saturated rings. The number of guanidine groups is 1. The molecule has 0 bridgehead atoms. The van der Waals surface area contributed by atoms with Gasteiger partial charge in [-0.15, -0.1) is 0 Å². The zero-order valence-electron chi connectivity index (χ0n) is 14.5. The van der Waals surface area contributed by atoms with Crippen LogP contribution in [0.25, 0.3) is 0 Å². The Morgan fingerprint density at radius 2 is 2.22 bits per heavy atom. The van der Waals surface area contributed by atoms with Crippen molar-refractivity contribution in [3.05, 3.63) is 35.1 Å². The minimum absolute atomic E-state index is 0.172. The lowest BCUT2D eigenvalue weighted by atomic mass is 10.1. The van der Waals surface area contributed by atoms with Crippen LogP contribution in [0.3, 0.4) is 0 Å². The molecule has 1 aliphatic heterocycles. The second-order valence-electron chi connectivity index (χ2n) is 6.25. The number of likely N-dealkylation sites (tertiary alicyclic amines) is 1. The van der Waals surface area contributed by atoms with Gasteiger partial charge >= 0.3 is 0 Å². The van der Waals surface area contributed by atoms with Gasteiger partial charge in [0.05, 0.1) is 0 Å². The van der Waals surface area contributed by atoms with Crippen molar-refractivity contribution in [1.82, 2.24) is 15.5 Å². The molecule has 1 aromatic carbocycles. The Labute approximate surface area is 139 Å². The summed E-state index contributed by atoms with van der Waals surface area (Å²) >= 11 is 0. The zero-order valence-corrected chi connectivity index (χ0v) is 14.5. The van der Waals surface area contributed by atoms with Crippen LogP contribution in [0.4, 0.5) is 4.39 Å². The first-order valence-electron chi connectivity index (χ1n) is 8.54. The standard InChI is InChI=1S/C18H29FN4/c1-4-23-10-8-15(13-23)12-22-18(20-3)21-9-7-16-5-6-17(19)11-14(16)2/h5-6,11,15H,4,7-10,12-13H2,1-3H3,(H2,20,21,22). The van der Waals surface area contributed by atoms with E-state index in [1.165, 1.54) is 31.1 Å². The van der Waals surface area contributed by atoms with Crippen molar-refractivity contribution in [2.24, 2.45) is 10.9 Å². The van der Waals surface area contributed by atoms with Gasteiger partial charge in [-0.2, -0.15) is 0 Å². The Morgan fingerprint density at radius 1 is 1.39 bits per heavy atom. The summed E-state index contributed by atoms with van der Waals surface area (Å²) in [6, 6.07) is 4.97. The maximum absolute atomic E-state index is 13.1. The molecule has 1 saturated heterocycles. The molecule has 0 spiro atoms. The lowest BCUT2D eigenvalue weighted by Crippen LogP contribution is -2.41. The van der Waals surface area contributed by atoms with Gasteiger partial charge in [-0.1, -0.05) is 13.0 Å². The van der Waals surface area contributed by atoms with E-state index in [0.29, 0.717) is 5.92 Å². The highest BCUT2D eigenvalue weighted by Crippen LogP contribution is 2.14. The third kappa shape index (κ3) is 5.50. The Hall–Kier alpha value is -1.62. The number of hydrogen-bond donors (Lipinski definition) is 2. The number of rotatable bonds is 6. The predicted octanol–water partition coefficient (Wildman–Crippen LogP) is 2.18. The largest absolute Gasteiger partial charge is 0.356 e. The van der Waals surface area contributed by atoms with Gasteiger partial charge in [0.2, 0.25) is 0 Å². The number of aliphatic imine (C=N–C) groups is 1. The van der Waals surface area contributed by atoms with E-state index < -0.39 is 0 Å². The molecule has 0 radical (unpaired) electrons. The van der Waals surface area contributed by atoms with Crippen molar-refractivity contribution in [1.29, 1.82) is 0 Å². The van der Waals surface area contributed by atoms with Crippen LogP contribution in [0, 0.1) is 18.7 Å². The smallest absolute Gasteiger partial charge is 0.190 e. The number of nitrogens with one attached hydrogen (secondary N) is 2. The Balaban J connectivity index is 1.71. The van der Waals surface area contributed by atoms with Crippen molar-refractivity contribution in [3.63, 3.8) is 0 Å². The van der Waals surface area contributed by atoms with E-state index in [0.717, 1.165) is 37.6 Å². The lowest BCUT2D eigenvalue weighted by molar-refractivity contribution is 0.342. The topological polar surface area (TPSA) is 39.7 Å². The molecule has 4 nitrogen and oxygen atoms in total. The van der Waals surface area contributed by atoms with Crippen LogP contribution < -0.4 is 10.6 Å². The van der Waals surface area contributed by atoms with Gasteiger partial charge in [-0.25, -0.2) is 4.39 Å². The summed E-state index contributed by atoms with van der Waals surface area (Å²) in [4.78, 5) is 6.76. The van der Waals surface area contributed by atoms with Gasteiger partial charge in [-0.3, -0.25) is 4.99 Å². The first-order valence-corrected chi connectivity index (χ1v) is 8.54. The van der Waals surface area contributed by atoms with Gasteiger partial charge in [0, 0.05) is 26.7 Å². The first-order chi connectivity index (χ1) is 11.1. The molecular weight excluding hydrogens is 291 g/mol. The molecule has 1 heterocycles. The zero-order chi connectivity index (χ0) is 16.7. The van der Waals surface area contributed by atoms with Crippen LogP contribution in [-0.4, -0.2) is 50.6 Å².